The number of rotatable bonds is 11. The van der Waals surface area contributed by atoms with E-state index < -0.39 is 17.4 Å². The van der Waals surface area contributed by atoms with Gasteiger partial charge in [-0.3, -0.25) is 18.7 Å². The van der Waals surface area contributed by atoms with Gasteiger partial charge in [0, 0.05) is 96.0 Å². The maximum atomic E-state index is 14.4. The van der Waals surface area contributed by atoms with Gasteiger partial charge in [-0.25, -0.2) is 4.79 Å². The molecule has 0 bridgehead atoms. The fraction of sp³-hybridized carbons (Fsp3) is 0.436. The topological polar surface area (TPSA) is 105 Å². The van der Waals surface area contributed by atoms with Crippen molar-refractivity contribution in [2.75, 3.05) is 64.4 Å². The van der Waals surface area contributed by atoms with Crippen molar-refractivity contribution in [3.63, 3.8) is 0 Å². The molecule has 2 aliphatic heterocycles. The van der Waals surface area contributed by atoms with Crippen molar-refractivity contribution in [2.24, 2.45) is 7.05 Å². The van der Waals surface area contributed by atoms with Crippen LogP contribution in [-0.2, 0) is 24.5 Å². The normalized spacial score (nSPS) is 16.6. The first kappa shape index (κ1) is 37.3. The lowest BCUT2D eigenvalue weighted by atomic mass is 10.00. The minimum absolute atomic E-state index is 0.0138. The van der Waals surface area contributed by atoms with Gasteiger partial charge < -0.3 is 24.4 Å². The summed E-state index contributed by atoms with van der Waals surface area (Å²) in [5.74, 6) is 0.509. The lowest BCUT2D eigenvalue weighted by Crippen LogP contribution is -2.43. The van der Waals surface area contributed by atoms with Gasteiger partial charge in [-0.2, -0.15) is 13.2 Å². The number of nitrogens with one attached hydrogen (secondary N) is 1. The van der Waals surface area contributed by atoms with Crippen molar-refractivity contribution in [1.29, 1.82) is 0 Å². The Morgan fingerprint density at radius 1 is 1.02 bits per heavy atom. The van der Waals surface area contributed by atoms with Crippen LogP contribution in [0.25, 0.3) is 11.2 Å². The fourth-order valence-electron chi connectivity index (χ4n) is 7.43. The third-order valence-electron chi connectivity index (χ3n) is 10.6. The van der Waals surface area contributed by atoms with E-state index in [9.17, 15) is 22.8 Å². The number of fused-ring (bicyclic) bond motifs is 1. The van der Waals surface area contributed by atoms with Gasteiger partial charge in [0.15, 0.2) is 0 Å². The third kappa shape index (κ3) is 8.08. The number of alkyl halides is 3. The second-order valence-corrected chi connectivity index (χ2v) is 14.3. The van der Waals surface area contributed by atoms with Crippen LogP contribution in [0.1, 0.15) is 58.6 Å². The number of aryl methyl sites for hydroxylation is 1. The maximum absolute atomic E-state index is 14.4. The molecule has 2 fully saturated rings. The number of hydrogen-bond acceptors (Lipinski definition) is 8. The standard InChI is InChI=1S/C39H46F3N9O3/c1-27(36-45-44-26-47(36)3)30-5-4-6-32(22-30)50-25-35-34(39(40,41)42)21-28(24-51(35)38(50)53)23-48-15-11-33(12-16-48)54-20-19-46(2)37(52)29-7-9-31(10-8-29)49-17-13-43-14-18-49/h4-10,21-22,24-27,33,43H,11-20,23H2,1-3H3/t27-/m1/s1. The molecule has 54 heavy (non-hydrogen) atoms. The molecule has 5 aromatic rings. The summed E-state index contributed by atoms with van der Waals surface area (Å²) in [5, 5.41) is 11.5. The summed E-state index contributed by atoms with van der Waals surface area (Å²) in [7, 11) is 3.61. The predicted molar refractivity (Wildman–Crippen MR) is 199 cm³/mol. The van der Waals surface area contributed by atoms with Crippen molar-refractivity contribution in [2.45, 2.75) is 44.5 Å². The molecule has 7 rings (SSSR count). The minimum Gasteiger partial charge on any atom is -0.376 e. The predicted octanol–water partition coefficient (Wildman–Crippen LogP) is 4.55. The second-order valence-electron chi connectivity index (χ2n) is 14.3. The van der Waals surface area contributed by atoms with E-state index in [0.717, 1.165) is 53.7 Å². The highest BCUT2D eigenvalue weighted by Gasteiger charge is 2.35. The van der Waals surface area contributed by atoms with Gasteiger partial charge in [-0.1, -0.05) is 19.1 Å². The zero-order valence-electron chi connectivity index (χ0n) is 30.8. The van der Waals surface area contributed by atoms with Crippen LogP contribution < -0.4 is 15.9 Å². The summed E-state index contributed by atoms with van der Waals surface area (Å²) in [6.45, 7) is 8.09. The van der Waals surface area contributed by atoms with E-state index in [0.29, 0.717) is 55.9 Å². The molecule has 2 aromatic carbocycles. The fourth-order valence-corrected chi connectivity index (χ4v) is 7.43. The smallest absolute Gasteiger partial charge is 0.376 e. The molecule has 12 nitrogen and oxygen atoms in total. The Hall–Kier alpha value is -4.99. The Labute approximate surface area is 311 Å². The van der Waals surface area contributed by atoms with Gasteiger partial charge in [-0.05, 0) is 66.4 Å². The van der Waals surface area contributed by atoms with E-state index in [1.54, 1.807) is 36.5 Å². The molecule has 0 aliphatic carbocycles. The van der Waals surface area contributed by atoms with Gasteiger partial charge in [0.1, 0.15) is 12.2 Å². The van der Waals surface area contributed by atoms with E-state index in [4.69, 9.17) is 4.74 Å². The molecule has 1 N–H and O–H groups in total. The zero-order chi connectivity index (χ0) is 38.0. The first-order chi connectivity index (χ1) is 26.0. The maximum Gasteiger partial charge on any atom is 0.418 e. The number of nitrogens with zero attached hydrogens (tertiary/aromatic N) is 8. The molecule has 286 valence electrons. The lowest BCUT2D eigenvalue weighted by molar-refractivity contribution is -0.136. The molecule has 0 radical (unpaired) electrons. The molecule has 3 aromatic heterocycles. The van der Waals surface area contributed by atoms with Crippen LogP contribution in [0, 0.1) is 0 Å². The van der Waals surface area contributed by atoms with Crippen molar-refractivity contribution in [3.8, 4) is 5.69 Å². The Bertz CT molecular complexity index is 2130. The Morgan fingerprint density at radius 2 is 1.76 bits per heavy atom. The molecule has 1 atom stereocenters. The molecule has 0 unspecified atom stereocenters. The number of carbonyl (C=O) groups excluding carboxylic acids is 1. The second kappa shape index (κ2) is 15.8. The molecular weight excluding hydrogens is 699 g/mol. The van der Waals surface area contributed by atoms with Crippen molar-refractivity contribution in [1.82, 2.24) is 38.8 Å². The van der Waals surface area contributed by atoms with E-state index >= 15 is 0 Å². The van der Waals surface area contributed by atoms with Gasteiger partial charge in [0.2, 0.25) is 0 Å². The highest BCUT2D eigenvalue weighted by molar-refractivity contribution is 5.94. The summed E-state index contributed by atoms with van der Waals surface area (Å²) in [6, 6.07) is 16.1. The SMILES string of the molecule is C[C@H](c1cccc(-n2cc3c(C(F)(F)F)cc(CN4CCC(OCCN(C)C(=O)c5ccc(N6CCNCC6)cc5)CC4)cn3c2=O)c1)c1nncn1C. The first-order valence-electron chi connectivity index (χ1n) is 18.4. The number of likely N-dealkylation sites (N-methyl/N-ethyl adjacent to an activating group) is 1. The van der Waals surface area contributed by atoms with Gasteiger partial charge in [-0.15, -0.1) is 10.2 Å². The Kier molecular flexibility index (Phi) is 10.9. The van der Waals surface area contributed by atoms with Crippen molar-refractivity contribution >= 4 is 17.1 Å². The molecule has 0 spiro atoms. The molecule has 5 heterocycles. The summed E-state index contributed by atoms with van der Waals surface area (Å²) in [5.41, 5.74) is 1.82. The van der Waals surface area contributed by atoms with Crippen LogP contribution in [0.15, 0.2) is 78.1 Å². The molecule has 0 saturated carbocycles. The highest BCUT2D eigenvalue weighted by Crippen LogP contribution is 2.34. The molecule has 15 heteroatoms. The number of ether oxygens (including phenoxy) is 1. The number of hydrogen-bond donors (Lipinski definition) is 1. The summed E-state index contributed by atoms with van der Waals surface area (Å²) in [4.78, 5) is 32.7. The number of halogens is 3. The van der Waals surface area contributed by atoms with Gasteiger partial charge in [0.25, 0.3) is 5.91 Å². The number of carbonyl (C=O) groups is 1. The number of imidazole rings is 1. The molecular formula is C39H46F3N9O3. The number of likely N-dealkylation sites (tertiary alicyclic amines) is 1. The highest BCUT2D eigenvalue weighted by atomic mass is 19.4. The average molecular weight is 746 g/mol. The minimum atomic E-state index is -4.66. The van der Waals surface area contributed by atoms with E-state index in [1.165, 1.54) is 17.0 Å². The number of piperidine rings is 1. The molecule has 1 amide bonds. The van der Waals surface area contributed by atoms with Crippen LogP contribution in [0.5, 0.6) is 0 Å². The van der Waals surface area contributed by atoms with Crippen LogP contribution in [0.3, 0.4) is 0 Å². The van der Waals surface area contributed by atoms with Crippen molar-refractivity contribution in [3.05, 3.63) is 112 Å². The van der Waals surface area contributed by atoms with Crippen LogP contribution in [-0.4, -0.2) is 105 Å². The monoisotopic (exact) mass is 745 g/mol. The van der Waals surface area contributed by atoms with E-state index in [2.05, 4.69) is 25.3 Å². The number of piperazine rings is 1. The van der Waals surface area contributed by atoms with Crippen LogP contribution >= 0.6 is 0 Å². The average Bonchev–Trinajstić information content (AvgIpc) is 3.76. The van der Waals surface area contributed by atoms with Gasteiger partial charge >= 0.3 is 11.9 Å². The van der Waals surface area contributed by atoms with E-state index in [1.807, 2.05) is 48.9 Å². The Balaban J connectivity index is 0.959. The quantitative estimate of drug-likeness (QED) is 0.210. The summed E-state index contributed by atoms with van der Waals surface area (Å²) >= 11 is 0. The zero-order valence-corrected chi connectivity index (χ0v) is 30.8. The first-order valence-corrected chi connectivity index (χ1v) is 18.4. The largest absolute Gasteiger partial charge is 0.418 e. The van der Waals surface area contributed by atoms with Crippen LogP contribution in [0.4, 0.5) is 18.9 Å². The molecule has 2 saturated heterocycles. The lowest BCUT2D eigenvalue weighted by Gasteiger charge is -2.32. The third-order valence-corrected chi connectivity index (χ3v) is 10.6. The number of aromatic nitrogens is 5. The summed E-state index contributed by atoms with van der Waals surface area (Å²) < 4.78 is 53.6. The number of anilines is 1. The molecule has 2 aliphatic rings. The number of benzene rings is 2. The van der Waals surface area contributed by atoms with E-state index in [-0.39, 0.29) is 30.0 Å². The Morgan fingerprint density at radius 3 is 2.44 bits per heavy atom. The van der Waals surface area contributed by atoms with Crippen molar-refractivity contribution < 1.29 is 22.7 Å². The van der Waals surface area contributed by atoms with Gasteiger partial charge in [0.05, 0.1) is 29.5 Å². The number of pyridine rings is 1. The number of amides is 1. The summed E-state index contributed by atoms with van der Waals surface area (Å²) in [6.07, 6.45) is 1.12. The van der Waals surface area contributed by atoms with Crippen LogP contribution in [0.2, 0.25) is 0 Å².